The smallest absolute Gasteiger partial charge is 0.205 e. The van der Waals surface area contributed by atoms with E-state index >= 15 is 0 Å². The van der Waals surface area contributed by atoms with Crippen molar-refractivity contribution in [1.29, 1.82) is 0 Å². The van der Waals surface area contributed by atoms with Gasteiger partial charge in [0, 0.05) is 17.3 Å². The van der Waals surface area contributed by atoms with E-state index in [-0.39, 0.29) is 23.7 Å². The summed E-state index contributed by atoms with van der Waals surface area (Å²) in [5, 5.41) is 45.1. The average molecular weight is 364 g/mol. The van der Waals surface area contributed by atoms with Gasteiger partial charge in [-0.2, -0.15) is 0 Å². The van der Waals surface area contributed by atoms with Crippen molar-refractivity contribution in [3.63, 3.8) is 0 Å². The number of rotatable bonds is 0. The zero-order valence-electron chi connectivity index (χ0n) is 15.3. The van der Waals surface area contributed by atoms with Crippen LogP contribution in [0.1, 0.15) is 39.5 Å². The van der Waals surface area contributed by atoms with Gasteiger partial charge in [0.15, 0.2) is 5.78 Å². The molecule has 4 N–H and O–H groups in total. The van der Waals surface area contributed by atoms with E-state index in [2.05, 4.69) is 6.58 Å². The number of ether oxygens (including phenoxy) is 1. The van der Waals surface area contributed by atoms with Crippen molar-refractivity contribution in [3.05, 3.63) is 12.2 Å². The highest BCUT2D eigenvalue weighted by Gasteiger charge is 2.85. The predicted molar refractivity (Wildman–Crippen MR) is 90.7 cm³/mol. The summed E-state index contributed by atoms with van der Waals surface area (Å²) in [5.41, 5.74) is -2.32. The van der Waals surface area contributed by atoms with Gasteiger partial charge in [0.1, 0.15) is 6.10 Å². The van der Waals surface area contributed by atoms with Crippen LogP contribution in [0.3, 0.4) is 0 Å². The third-order valence-corrected chi connectivity index (χ3v) is 8.78. The fourth-order valence-electron chi connectivity index (χ4n) is 7.88. The van der Waals surface area contributed by atoms with Crippen molar-refractivity contribution in [1.82, 2.24) is 0 Å². The van der Waals surface area contributed by atoms with Gasteiger partial charge in [0.2, 0.25) is 5.79 Å². The SMILES string of the molecule is C=C1C(=O)[C@]23C[C@H]1C[C@@H](O)[C@H]2[C@@]12CO[C@]3(O)[C@@H](O)[C@@H]1C(C)(C)CC[C@@H]2O. The Morgan fingerprint density at radius 1 is 1.19 bits per heavy atom. The second-order valence-electron chi connectivity index (χ2n) is 10.1. The van der Waals surface area contributed by atoms with E-state index in [0.29, 0.717) is 31.3 Å². The summed E-state index contributed by atoms with van der Waals surface area (Å²) < 4.78 is 5.83. The summed E-state index contributed by atoms with van der Waals surface area (Å²) in [6, 6.07) is 0. The van der Waals surface area contributed by atoms with Crippen LogP contribution in [0.25, 0.3) is 0 Å². The highest BCUT2D eigenvalue weighted by atomic mass is 16.6. The number of aliphatic hydroxyl groups is 4. The van der Waals surface area contributed by atoms with Gasteiger partial charge in [0.25, 0.3) is 0 Å². The van der Waals surface area contributed by atoms with Crippen LogP contribution >= 0.6 is 0 Å². The molecule has 2 saturated heterocycles. The first-order valence-corrected chi connectivity index (χ1v) is 9.68. The van der Waals surface area contributed by atoms with E-state index in [9.17, 15) is 25.2 Å². The Kier molecular flexibility index (Phi) is 3.07. The second-order valence-corrected chi connectivity index (χ2v) is 10.1. The first kappa shape index (κ1) is 17.3. The Hall–Kier alpha value is -0.790. The molecule has 2 heterocycles. The number of aliphatic hydroxyl groups excluding tert-OH is 3. The normalized spacial score (nSPS) is 59.9. The summed E-state index contributed by atoms with van der Waals surface area (Å²) in [4.78, 5) is 13.3. The van der Waals surface area contributed by atoms with Crippen molar-refractivity contribution in [2.24, 2.45) is 34.0 Å². The topological polar surface area (TPSA) is 107 Å². The van der Waals surface area contributed by atoms with E-state index < -0.39 is 46.8 Å². The molecule has 6 fully saturated rings. The number of fused-ring (bicyclic) bond motifs is 2. The van der Waals surface area contributed by atoms with E-state index in [4.69, 9.17) is 4.74 Å². The molecule has 144 valence electrons. The van der Waals surface area contributed by atoms with Crippen LogP contribution in [0, 0.1) is 34.0 Å². The first-order chi connectivity index (χ1) is 12.0. The molecule has 0 radical (unpaired) electrons. The van der Waals surface area contributed by atoms with Gasteiger partial charge in [-0.15, -0.1) is 0 Å². The summed E-state index contributed by atoms with van der Waals surface area (Å²) in [6.45, 7) is 8.01. The standard InChI is InChI=1S/C20H28O6/c1-9-10-6-11(21)13-18-8-26-20(25,19(13,7-10)15(9)23)16(24)14(18)17(2,3)5-4-12(18)22/h10-14,16,21-22,24-25H,1,4-8H2,2-3H3/t10-,11-,12+,13+,14-,16+,18+,19+,20-/m1/s1. The zero-order valence-corrected chi connectivity index (χ0v) is 15.3. The number of hydrogen-bond acceptors (Lipinski definition) is 6. The molecular weight excluding hydrogens is 336 g/mol. The van der Waals surface area contributed by atoms with Crippen molar-refractivity contribution >= 4 is 5.78 Å². The lowest BCUT2D eigenvalue weighted by molar-refractivity contribution is -0.455. The van der Waals surface area contributed by atoms with Gasteiger partial charge in [-0.3, -0.25) is 4.79 Å². The molecule has 4 saturated carbocycles. The lowest BCUT2D eigenvalue weighted by atomic mass is 9.35. The van der Waals surface area contributed by atoms with Crippen molar-refractivity contribution in [2.45, 2.75) is 63.6 Å². The molecule has 26 heavy (non-hydrogen) atoms. The van der Waals surface area contributed by atoms with Gasteiger partial charge in [-0.1, -0.05) is 20.4 Å². The molecule has 2 spiro atoms. The maximum Gasteiger partial charge on any atom is 0.205 e. The molecule has 4 aliphatic carbocycles. The van der Waals surface area contributed by atoms with E-state index in [0.717, 1.165) is 0 Å². The molecule has 2 aliphatic heterocycles. The lowest BCUT2D eigenvalue weighted by Crippen LogP contribution is -2.85. The molecule has 6 aliphatic rings. The number of carbonyl (C=O) groups is 1. The Bertz CT molecular complexity index is 717. The Morgan fingerprint density at radius 3 is 2.58 bits per heavy atom. The maximum atomic E-state index is 13.3. The fraction of sp³-hybridized carbons (Fsp3) is 0.850. The lowest BCUT2D eigenvalue weighted by Gasteiger charge is -2.74. The summed E-state index contributed by atoms with van der Waals surface area (Å²) in [7, 11) is 0. The second kappa shape index (κ2) is 4.61. The van der Waals surface area contributed by atoms with Gasteiger partial charge in [-0.05, 0) is 42.6 Å². The first-order valence-electron chi connectivity index (χ1n) is 9.68. The minimum absolute atomic E-state index is 0.0454. The quantitative estimate of drug-likeness (QED) is 0.463. The summed E-state index contributed by atoms with van der Waals surface area (Å²) in [6.07, 6.45) is -0.978. The van der Waals surface area contributed by atoms with Gasteiger partial charge in [-0.25, -0.2) is 0 Å². The van der Waals surface area contributed by atoms with Crippen LogP contribution in [0.4, 0.5) is 0 Å². The van der Waals surface area contributed by atoms with Crippen LogP contribution in [-0.2, 0) is 9.53 Å². The van der Waals surface area contributed by atoms with Crippen LogP contribution in [0.2, 0.25) is 0 Å². The summed E-state index contributed by atoms with van der Waals surface area (Å²) >= 11 is 0. The number of allylic oxidation sites excluding steroid dienone is 1. The molecule has 4 bridgehead atoms. The molecule has 0 amide bonds. The highest BCUT2D eigenvalue weighted by Crippen LogP contribution is 2.76. The Labute approximate surface area is 152 Å². The summed E-state index contributed by atoms with van der Waals surface area (Å²) in [5.74, 6) is -3.66. The van der Waals surface area contributed by atoms with E-state index in [1.165, 1.54) is 0 Å². The largest absolute Gasteiger partial charge is 0.393 e. The third kappa shape index (κ3) is 1.47. The molecule has 0 unspecified atom stereocenters. The van der Waals surface area contributed by atoms with E-state index in [1.807, 2.05) is 13.8 Å². The molecule has 6 heteroatoms. The van der Waals surface area contributed by atoms with Crippen molar-refractivity contribution in [2.75, 3.05) is 6.61 Å². The molecule has 6 nitrogen and oxygen atoms in total. The monoisotopic (exact) mass is 364 g/mol. The molecule has 9 atom stereocenters. The molecule has 0 aromatic carbocycles. The third-order valence-electron chi connectivity index (χ3n) is 8.78. The van der Waals surface area contributed by atoms with Crippen molar-refractivity contribution in [3.8, 4) is 0 Å². The minimum atomic E-state index is -2.05. The predicted octanol–water partition coefficient (Wildman–Crippen LogP) is 0.376. The van der Waals surface area contributed by atoms with Crippen LogP contribution in [0.15, 0.2) is 12.2 Å². The number of hydrogen-bond donors (Lipinski definition) is 4. The fourth-order valence-corrected chi connectivity index (χ4v) is 7.88. The zero-order chi connectivity index (χ0) is 18.9. The molecule has 6 rings (SSSR count). The van der Waals surface area contributed by atoms with Gasteiger partial charge in [0.05, 0.1) is 24.2 Å². The molecule has 0 aromatic rings. The van der Waals surface area contributed by atoms with Gasteiger partial charge >= 0.3 is 0 Å². The molecular formula is C20H28O6. The maximum absolute atomic E-state index is 13.3. The Morgan fingerprint density at radius 2 is 1.88 bits per heavy atom. The number of ketones is 1. The number of Topliss-reactive ketones (excluding diaryl/α,β-unsaturated/α-hetero) is 1. The average Bonchev–Trinajstić information content (AvgIpc) is 2.76. The highest BCUT2D eigenvalue weighted by molar-refractivity contribution is 6.04. The minimum Gasteiger partial charge on any atom is -0.393 e. The Balaban J connectivity index is 1.81. The molecule has 0 aromatic heterocycles. The van der Waals surface area contributed by atoms with Gasteiger partial charge < -0.3 is 25.2 Å². The van der Waals surface area contributed by atoms with Crippen LogP contribution in [0.5, 0.6) is 0 Å². The van der Waals surface area contributed by atoms with Crippen LogP contribution < -0.4 is 0 Å². The van der Waals surface area contributed by atoms with Crippen molar-refractivity contribution < 1.29 is 30.0 Å². The number of carbonyl (C=O) groups excluding carboxylic acids is 1. The van der Waals surface area contributed by atoms with E-state index in [1.54, 1.807) is 0 Å². The van der Waals surface area contributed by atoms with Crippen LogP contribution in [-0.4, -0.2) is 56.9 Å².